The molecular weight excluding hydrogens is 493 g/mol. The van der Waals surface area contributed by atoms with E-state index in [1.807, 2.05) is 35.8 Å². The van der Waals surface area contributed by atoms with Gasteiger partial charge in [-0.2, -0.15) is 0 Å². The van der Waals surface area contributed by atoms with E-state index in [4.69, 9.17) is 32.7 Å². The second kappa shape index (κ2) is 11.4. The Balaban J connectivity index is 1.56. The Hall–Kier alpha value is -3.00. The number of ketones is 1. The number of rotatable bonds is 10. The van der Waals surface area contributed by atoms with E-state index in [0.717, 1.165) is 11.4 Å². The van der Waals surface area contributed by atoms with Crippen molar-refractivity contribution in [1.29, 1.82) is 0 Å². The van der Waals surface area contributed by atoms with Crippen molar-refractivity contribution in [3.63, 3.8) is 0 Å². The van der Waals surface area contributed by atoms with E-state index in [2.05, 4.69) is 10.2 Å². The first-order chi connectivity index (χ1) is 16.5. The maximum absolute atomic E-state index is 12.7. The van der Waals surface area contributed by atoms with Gasteiger partial charge in [-0.1, -0.05) is 35.0 Å². The molecule has 0 bridgehead atoms. The van der Waals surface area contributed by atoms with Gasteiger partial charge in [0, 0.05) is 21.3 Å². The van der Waals surface area contributed by atoms with Crippen LogP contribution in [0.5, 0.6) is 11.5 Å². The number of Topliss-reactive ketones (excluding diaryl/α,β-unsaturated/α-hetero) is 1. The highest BCUT2D eigenvalue weighted by molar-refractivity contribution is 7.99. The van der Waals surface area contributed by atoms with E-state index in [9.17, 15) is 4.79 Å². The number of ether oxygens (including phenoxy) is 2. The smallest absolute Gasteiger partial charge is 0.196 e. The number of carbonyl (C=O) groups is 1. The number of hydrogen-bond acceptors (Lipinski definition) is 6. The van der Waals surface area contributed by atoms with Crippen molar-refractivity contribution in [2.75, 3.05) is 12.4 Å². The van der Waals surface area contributed by atoms with E-state index < -0.39 is 0 Å². The molecule has 3 aromatic carbocycles. The van der Waals surface area contributed by atoms with Crippen molar-refractivity contribution in [3.8, 4) is 17.2 Å². The average molecular weight is 514 g/mol. The van der Waals surface area contributed by atoms with E-state index >= 15 is 0 Å². The largest absolute Gasteiger partial charge is 0.494 e. The van der Waals surface area contributed by atoms with Gasteiger partial charge in [-0.25, -0.2) is 0 Å². The summed E-state index contributed by atoms with van der Waals surface area (Å²) in [5.41, 5.74) is 1.43. The van der Waals surface area contributed by atoms with Gasteiger partial charge in [0.05, 0.1) is 12.4 Å². The van der Waals surface area contributed by atoms with Gasteiger partial charge in [0.2, 0.25) is 0 Å². The fourth-order valence-electron chi connectivity index (χ4n) is 3.13. The zero-order chi connectivity index (χ0) is 23.9. The molecule has 6 nitrogen and oxygen atoms in total. The predicted molar refractivity (Wildman–Crippen MR) is 135 cm³/mol. The topological polar surface area (TPSA) is 66.2 Å². The molecule has 4 rings (SSSR count). The summed E-state index contributed by atoms with van der Waals surface area (Å²) in [6.45, 7) is 2.71. The molecule has 0 saturated heterocycles. The Morgan fingerprint density at radius 2 is 1.44 bits per heavy atom. The molecule has 0 aliphatic rings. The highest BCUT2D eigenvalue weighted by Gasteiger charge is 2.17. The monoisotopic (exact) mass is 513 g/mol. The van der Waals surface area contributed by atoms with Crippen molar-refractivity contribution < 1.29 is 14.3 Å². The van der Waals surface area contributed by atoms with E-state index in [1.165, 1.54) is 11.8 Å². The molecule has 0 unspecified atom stereocenters. The summed E-state index contributed by atoms with van der Waals surface area (Å²) in [7, 11) is 0. The third-order valence-electron chi connectivity index (χ3n) is 4.79. The lowest BCUT2D eigenvalue weighted by Gasteiger charge is -2.12. The molecule has 0 aliphatic heterocycles. The minimum Gasteiger partial charge on any atom is -0.494 e. The molecule has 174 valence electrons. The van der Waals surface area contributed by atoms with Crippen LogP contribution in [0, 0.1) is 0 Å². The summed E-state index contributed by atoms with van der Waals surface area (Å²) in [5, 5.41) is 10.5. The third-order valence-corrected chi connectivity index (χ3v) is 6.22. The van der Waals surface area contributed by atoms with Crippen molar-refractivity contribution in [2.24, 2.45) is 0 Å². The molecule has 9 heteroatoms. The molecule has 0 radical (unpaired) electrons. The second-order valence-electron chi connectivity index (χ2n) is 7.12. The molecule has 0 amide bonds. The van der Waals surface area contributed by atoms with Crippen LogP contribution in [0.3, 0.4) is 0 Å². The molecule has 0 N–H and O–H groups in total. The third kappa shape index (κ3) is 6.11. The van der Waals surface area contributed by atoms with Crippen LogP contribution in [-0.2, 0) is 6.61 Å². The highest BCUT2D eigenvalue weighted by Crippen LogP contribution is 2.26. The number of benzene rings is 3. The summed E-state index contributed by atoms with van der Waals surface area (Å²) < 4.78 is 13.3. The molecule has 0 fully saturated rings. The lowest BCUT2D eigenvalue weighted by atomic mass is 10.1. The van der Waals surface area contributed by atoms with Gasteiger partial charge < -0.3 is 9.47 Å². The number of carbonyl (C=O) groups excluding carboxylic acids is 1. The van der Waals surface area contributed by atoms with Crippen LogP contribution in [-0.4, -0.2) is 32.9 Å². The first-order valence-electron chi connectivity index (χ1n) is 10.5. The van der Waals surface area contributed by atoms with Crippen molar-refractivity contribution in [1.82, 2.24) is 14.8 Å². The van der Waals surface area contributed by atoms with Crippen LogP contribution < -0.4 is 9.47 Å². The Bertz CT molecular complexity index is 1240. The van der Waals surface area contributed by atoms with E-state index in [1.54, 1.807) is 48.5 Å². The van der Waals surface area contributed by atoms with Crippen LogP contribution in [0.15, 0.2) is 78.0 Å². The first-order valence-corrected chi connectivity index (χ1v) is 12.2. The Kier molecular flexibility index (Phi) is 8.11. The molecular formula is C25H21Cl2N3O3S. The standard InChI is InChI=1S/C25H21Cl2N3O3S/c1-2-32-21-13-9-20(10-14-21)30-24(15-33-22-11-7-19(27)8-12-22)28-29-25(30)34-16-23(31)17-3-5-18(26)6-4-17/h3-14H,2,15-16H2,1H3. The minimum atomic E-state index is -0.0260. The van der Waals surface area contributed by atoms with Crippen LogP contribution in [0.25, 0.3) is 5.69 Å². The summed E-state index contributed by atoms with van der Waals surface area (Å²) in [6, 6.07) is 21.6. The second-order valence-corrected chi connectivity index (χ2v) is 8.94. The molecule has 4 aromatic rings. The molecule has 34 heavy (non-hydrogen) atoms. The molecule has 0 spiro atoms. The Labute approximate surface area is 211 Å². The SMILES string of the molecule is CCOc1ccc(-n2c(COc3ccc(Cl)cc3)nnc2SCC(=O)c2ccc(Cl)cc2)cc1. The molecule has 1 aromatic heterocycles. The van der Waals surface area contributed by atoms with Crippen molar-refractivity contribution >= 4 is 40.7 Å². The Morgan fingerprint density at radius 1 is 0.853 bits per heavy atom. The van der Waals surface area contributed by atoms with E-state index in [-0.39, 0.29) is 18.1 Å². The van der Waals surface area contributed by atoms with Gasteiger partial charge in [0.1, 0.15) is 18.1 Å². The number of hydrogen-bond donors (Lipinski definition) is 0. The lowest BCUT2D eigenvalue weighted by Crippen LogP contribution is -2.08. The fraction of sp³-hybridized carbons (Fsp3) is 0.160. The van der Waals surface area contributed by atoms with Gasteiger partial charge in [-0.05, 0) is 79.7 Å². The normalized spacial score (nSPS) is 10.8. The summed E-state index contributed by atoms with van der Waals surface area (Å²) in [5.74, 6) is 2.21. The first kappa shape index (κ1) is 24.1. The van der Waals surface area contributed by atoms with E-state index in [0.29, 0.717) is 38.9 Å². The van der Waals surface area contributed by atoms with Crippen LogP contribution in [0.4, 0.5) is 0 Å². The predicted octanol–water partition coefficient (Wildman–Crippen LogP) is 6.53. The van der Waals surface area contributed by atoms with Gasteiger partial charge >= 0.3 is 0 Å². The molecule has 0 aliphatic carbocycles. The minimum absolute atomic E-state index is 0.0260. The number of thioether (sulfide) groups is 1. The van der Waals surface area contributed by atoms with Crippen LogP contribution in [0.2, 0.25) is 10.0 Å². The number of nitrogens with zero attached hydrogens (tertiary/aromatic N) is 3. The molecule has 1 heterocycles. The zero-order valence-electron chi connectivity index (χ0n) is 18.3. The van der Waals surface area contributed by atoms with Gasteiger partial charge in [0.25, 0.3) is 0 Å². The zero-order valence-corrected chi connectivity index (χ0v) is 20.6. The number of aromatic nitrogens is 3. The number of halogens is 2. The maximum atomic E-state index is 12.7. The average Bonchev–Trinajstić information content (AvgIpc) is 3.26. The molecule has 0 atom stereocenters. The summed E-state index contributed by atoms with van der Waals surface area (Å²) in [6.07, 6.45) is 0. The highest BCUT2D eigenvalue weighted by atomic mass is 35.5. The van der Waals surface area contributed by atoms with Crippen molar-refractivity contribution in [3.05, 3.63) is 94.2 Å². The summed E-state index contributed by atoms with van der Waals surface area (Å²) >= 11 is 13.2. The van der Waals surface area contributed by atoms with Gasteiger partial charge in [-0.3, -0.25) is 9.36 Å². The quantitative estimate of drug-likeness (QED) is 0.177. The van der Waals surface area contributed by atoms with Crippen LogP contribution >= 0.6 is 35.0 Å². The lowest BCUT2D eigenvalue weighted by molar-refractivity contribution is 0.102. The fourth-order valence-corrected chi connectivity index (χ4v) is 4.25. The van der Waals surface area contributed by atoms with Crippen molar-refractivity contribution in [2.45, 2.75) is 18.7 Å². The maximum Gasteiger partial charge on any atom is 0.196 e. The van der Waals surface area contributed by atoms with Crippen LogP contribution in [0.1, 0.15) is 23.1 Å². The molecule has 0 saturated carbocycles. The van der Waals surface area contributed by atoms with Gasteiger partial charge in [-0.15, -0.1) is 10.2 Å². The Morgan fingerprint density at radius 3 is 2.09 bits per heavy atom. The summed E-state index contributed by atoms with van der Waals surface area (Å²) in [4.78, 5) is 12.7. The van der Waals surface area contributed by atoms with Gasteiger partial charge in [0.15, 0.2) is 16.8 Å².